The number of esters is 1. The first-order valence-electron chi connectivity index (χ1n) is 6.76. The van der Waals surface area contributed by atoms with Crippen LogP contribution in [0.5, 0.6) is 0 Å². The third-order valence-corrected chi connectivity index (χ3v) is 2.99. The molecule has 0 bridgehead atoms. The van der Waals surface area contributed by atoms with E-state index in [0.717, 1.165) is 0 Å². The minimum absolute atomic E-state index is 0.197. The molecule has 0 spiro atoms. The molecule has 4 heteroatoms. The van der Waals surface area contributed by atoms with Gasteiger partial charge in [0.2, 0.25) is 0 Å². The quantitative estimate of drug-likeness (QED) is 0.366. The van der Waals surface area contributed by atoms with E-state index in [9.17, 15) is 14.0 Å². The fourth-order valence-electron chi connectivity index (χ4n) is 1.91. The Kier molecular flexibility index (Phi) is 5.20. The van der Waals surface area contributed by atoms with Crippen LogP contribution in [-0.4, -0.2) is 18.4 Å². The molecule has 0 saturated carbocycles. The normalized spacial score (nSPS) is 11.1. The SMILES string of the molecule is CC(=[18O])OC/C(=C\c1ccccc1F)C(=O)c1ccccc1. The first-order chi connectivity index (χ1) is 10.6. The number of halogens is 1. The molecule has 3 nitrogen and oxygen atoms in total. The Bertz CT molecular complexity index is 705. The Morgan fingerprint density at radius 2 is 1.77 bits per heavy atom. The van der Waals surface area contributed by atoms with Gasteiger partial charge in [-0.25, -0.2) is 4.39 Å². The van der Waals surface area contributed by atoms with E-state index in [1.165, 1.54) is 19.1 Å². The Morgan fingerprint density at radius 3 is 2.41 bits per heavy atom. The van der Waals surface area contributed by atoms with Crippen LogP contribution < -0.4 is 0 Å². The molecule has 22 heavy (non-hydrogen) atoms. The zero-order valence-corrected chi connectivity index (χ0v) is 12.1. The van der Waals surface area contributed by atoms with Gasteiger partial charge in [-0.3, -0.25) is 9.59 Å². The number of hydrogen-bond donors (Lipinski definition) is 0. The smallest absolute Gasteiger partial charge is 0.302 e. The Hall–Kier alpha value is -2.75. The van der Waals surface area contributed by atoms with E-state index in [2.05, 4.69) is 0 Å². The number of rotatable bonds is 5. The van der Waals surface area contributed by atoms with E-state index in [1.54, 1.807) is 48.5 Å². The van der Waals surface area contributed by atoms with Crippen molar-refractivity contribution in [3.05, 3.63) is 77.1 Å². The second-order valence-corrected chi connectivity index (χ2v) is 4.67. The van der Waals surface area contributed by atoms with Gasteiger partial charge in [0.15, 0.2) is 5.78 Å². The first kappa shape index (κ1) is 15.6. The van der Waals surface area contributed by atoms with Crippen LogP contribution in [0, 0.1) is 5.82 Å². The first-order valence-corrected chi connectivity index (χ1v) is 6.76. The van der Waals surface area contributed by atoms with Crippen LogP contribution in [0.4, 0.5) is 4.39 Å². The zero-order chi connectivity index (χ0) is 15.9. The van der Waals surface area contributed by atoms with Gasteiger partial charge in [0.25, 0.3) is 0 Å². The van der Waals surface area contributed by atoms with Crippen molar-refractivity contribution in [3.63, 3.8) is 0 Å². The van der Waals surface area contributed by atoms with E-state index in [0.29, 0.717) is 5.56 Å². The highest BCUT2D eigenvalue weighted by atomic mass is 19.1. The van der Waals surface area contributed by atoms with Gasteiger partial charge >= 0.3 is 5.97 Å². The summed E-state index contributed by atoms with van der Waals surface area (Å²) in [6.45, 7) is 1.06. The number of Topliss-reactive ketones (excluding diaryl/α,β-unsaturated/α-hetero) is 1. The third-order valence-electron chi connectivity index (χ3n) is 2.99. The predicted molar refractivity (Wildman–Crippen MR) is 81.8 cm³/mol. The zero-order valence-electron chi connectivity index (χ0n) is 12.1. The van der Waals surface area contributed by atoms with Crippen molar-refractivity contribution in [1.29, 1.82) is 0 Å². The van der Waals surface area contributed by atoms with Gasteiger partial charge < -0.3 is 4.74 Å². The van der Waals surface area contributed by atoms with Gasteiger partial charge in [0.1, 0.15) is 12.4 Å². The lowest BCUT2D eigenvalue weighted by Crippen LogP contribution is -2.12. The van der Waals surface area contributed by atoms with Crippen molar-refractivity contribution in [1.82, 2.24) is 0 Å². The molecular weight excluding hydrogens is 285 g/mol. The third kappa shape index (κ3) is 4.12. The van der Waals surface area contributed by atoms with Crippen molar-refractivity contribution < 1.29 is 18.7 Å². The number of ketones is 1. The second kappa shape index (κ2) is 7.31. The van der Waals surface area contributed by atoms with Gasteiger partial charge in [0, 0.05) is 23.6 Å². The largest absolute Gasteiger partial charge is 0.461 e. The van der Waals surface area contributed by atoms with Crippen LogP contribution in [0.1, 0.15) is 22.8 Å². The maximum absolute atomic E-state index is 13.8. The van der Waals surface area contributed by atoms with Crippen molar-refractivity contribution in [2.75, 3.05) is 6.61 Å². The molecule has 0 unspecified atom stereocenters. The van der Waals surface area contributed by atoms with Crippen molar-refractivity contribution >= 4 is 17.8 Å². The average molecular weight is 300 g/mol. The summed E-state index contributed by atoms with van der Waals surface area (Å²) >= 11 is 0. The van der Waals surface area contributed by atoms with Crippen LogP contribution in [0.15, 0.2) is 60.2 Å². The van der Waals surface area contributed by atoms with Gasteiger partial charge in [0.05, 0.1) is 0 Å². The number of hydrogen-bond acceptors (Lipinski definition) is 3. The monoisotopic (exact) mass is 300 g/mol. The van der Waals surface area contributed by atoms with E-state index in [-0.39, 0.29) is 23.5 Å². The molecule has 2 aromatic rings. The number of carbonyl (C=O) groups excluding carboxylic acids is 2. The molecule has 0 aliphatic rings. The van der Waals surface area contributed by atoms with E-state index < -0.39 is 11.8 Å². The molecule has 0 fully saturated rings. The summed E-state index contributed by atoms with van der Waals surface area (Å²) in [5, 5.41) is 0. The summed E-state index contributed by atoms with van der Waals surface area (Å²) in [6.07, 6.45) is 1.41. The fourth-order valence-corrected chi connectivity index (χ4v) is 1.91. The summed E-state index contributed by atoms with van der Waals surface area (Å²) in [7, 11) is 0. The lowest BCUT2D eigenvalue weighted by molar-refractivity contribution is -0.139. The van der Waals surface area contributed by atoms with E-state index >= 15 is 0 Å². The lowest BCUT2D eigenvalue weighted by Gasteiger charge is -2.08. The van der Waals surface area contributed by atoms with Crippen molar-refractivity contribution in [2.45, 2.75) is 6.92 Å². The van der Waals surface area contributed by atoms with Crippen molar-refractivity contribution in [2.24, 2.45) is 0 Å². The van der Waals surface area contributed by atoms with Crippen LogP contribution in [0.3, 0.4) is 0 Å². The maximum Gasteiger partial charge on any atom is 0.302 e. The van der Waals surface area contributed by atoms with E-state index in [4.69, 9.17) is 4.74 Å². The van der Waals surface area contributed by atoms with Crippen molar-refractivity contribution in [3.8, 4) is 0 Å². The minimum atomic E-state index is -0.500. The molecule has 0 atom stereocenters. The molecule has 2 aromatic carbocycles. The Morgan fingerprint density at radius 1 is 1.14 bits per heavy atom. The highest BCUT2D eigenvalue weighted by Crippen LogP contribution is 2.16. The van der Waals surface area contributed by atoms with Gasteiger partial charge in [-0.1, -0.05) is 48.5 Å². The van der Waals surface area contributed by atoms with Crippen LogP contribution >= 0.6 is 0 Å². The highest BCUT2D eigenvalue weighted by Gasteiger charge is 2.14. The number of benzene rings is 2. The summed E-state index contributed by atoms with van der Waals surface area (Å²) < 4.78 is 18.7. The summed E-state index contributed by atoms with van der Waals surface area (Å²) in [5.41, 5.74) is 0.942. The summed E-state index contributed by atoms with van der Waals surface area (Å²) in [5.74, 6) is -1.24. The Labute approximate surface area is 128 Å². The summed E-state index contributed by atoms with van der Waals surface area (Å²) in [6, 6.07) is 14.7. The molecule has 0 aliphatic heterocycles. The molecule has 2 rings (SSSR count). The standard InChI is InChI=1S/C18H15FO3/c1-13(20)22-12-16(11-15-9-5-6-10-17(15)19)18(21)14-7-3-2-4-8-14/h2-11H,12H2,1H3/b16-11+/i20+2. The fraction of sp³-hybridized carbons (Fsp3) is 0.111. The van der Waals surface area contributed by atoms with Gasteiger partial charge in [-0.2, -0.15) is 0 Å². The number of ether oxygens (including phenoxy) is 1. The Balaban J connectivity index is 2.36. The lowest BCUT2D eigenvalue weighted by atomic mass is 10.0. The molecule has 0 radical (unpaired) electrons. The van der Waals surface area contributed by atoms with Crippen LogP contribution in [0.25, 0.3) is 6.08 Å². The molecule has 0 aliphatic carbocycles. The topological polar surface area (TPSA) is 43.4 Å². The maximum atomic E-state index is 13.8. The minimum Gasteiger partial charge on any atom is -0.461 e. The van der Waals surface area contributed by atoms with Crippen LogP contribution in [-0.2, 0) is 9.53 Å². The molecule has 0 amide bonds. The predicted octanol–water partition coefficient (Wildman–Crippen LogP) is 3.66. The average Bonchev–Trinajstić information content (AvgIpc) is 2.53. The second-order valence-electron chi connectivity index (χ2n) is 4.67. The molecule has 0 aromatic heterocycles. The molecular formula is C18H15FO3. The molecule has 0 saturated heterocycles. The highest BCUT2D eigenvalue weighted by molar-refractivity contribution is 6.11. The van der Waals surface area contributed by atoms with Gasteiger partial charge in [-0.05, 0) is 12.1 Å². The van der Waals surface area contributed by atoms with E-state index in [1.807, 2.05) is 0 Å². The summed E-state index contributed by atoms with van der Waals surface area (Å²) in [4.78, 5) is 23.5. The van der Waals surface area contributed by atoms with Gasteiger partial charge in [-0.15, -0.1) is 0 Å². The molecule has 0 heterocycles. The molecule has 0 N–H and O–H groups in total. The molecule has 112 valence electrons. The van der Waals surface area contributed by atoms with Crippen LogP contribution in [0.2, 0.25) is 0 Å². The number of carbonyl (C=O) groups is 2.